The second-order valence-corrected chi connectivity index (χ2v) is 8.34. The zero-order valence-electron chi connectivity index (χ0n) is 15.5. The maximum absolute atomic E-state index is 12.7. The molecule has 1 N–H and O–H groups in total. The van der Waals surface area contributed by atoms with E-state index in [4.69, 9.17) is 11.6 Å². The summed E-state index contributed by atoms with van der Waals surface area (Å²) in [5.41, 5.74) is 0.702. The summed E-state index contributed by atoms with van der Waals surface area (Å²) in [6, 6.07) is 12.5. The van der Waals surface area contributed by atoms with Gasteiger partial charge in [0.05, 0.1) is 29.1 Å². The second-order valence-electron chi connectivity index (χ2n) is 5.87. The summed E-state index contributed by atoms with van der Waals surface area (Å²) >= 11 is 6.08. The molecule has 0 spiro atoms. The lowest BCUT2D eigenvalue weighted by molar-refractivity contribution is -0.114. The smallest absolute Gasteiger partial charge is 0.337 e. The number of nitrogens with zero attached hydrogens (tertiary/aromatic N) is 2. The van der Waals surface area contributed by atoms with E-state index in [0.717, 1.165) is 8.61 Å². The molecule has 10 heteroatoms. The molecule has 0 bridgehead atoms. The maximum Gasteiger partial charge on any atom is 0.337 e. The molecule has 0 radical (unpaired) electrons. The van der Waals surface area contributed by atoms with Gasteiger partial charge in [0.25, 0.3) is 0 Å². The van der Waals surface area contributed by atoms with Gasteiger partial charge in [0.1, 0.15) is 6.54 Å². The monoisotopic (exact) mass is 425 g/mol. The third-order valence-electron chi connectivity index (χ3n) is 3.73. The molecule has 2 rings (SSSR count). The molecule has 0 aromatic heterocycles. The number of methoxy groups -OCH3 is 1. The minimum atomic E-state index is -3.92. The number of hydrogen-bond donors (Lipinski definition) is 1. The fourth-order valence-electron chi connectivity index (χ4n) is 2.28. The van der Waals surface area contributed by atoms with Gasteiger partial charge in [-0.05, 0) is 30.3 Å². The van der Waals surface area contributed by atoms with E-state index in [1.165, 1.54) is 39.4 Å². The largest absolute Gasteiger partial charge is 0.465 e. The Morgan fingerprint density at radius 1 is 1.11 bits per heavy atom. The number of para-hydroxylation sites is 1. The standard InChI is InChI=1S/C18H20ClN3O5S/c1-21(2)28(25,26)22(14-7-5-4-6-8-14)12-17(23)20-16-11-13(18(24)27-3)9-10-15(16)19/h4-11H,12H2,1-3H3,(H,20,23). The van der Waals surface area contributed by atoms with Crippen LogP contribution in [-0.2, 0) is 19.7 Å². The van der Waals surface area contributed by atoms with Gasteiger partial charge in [-0.3, -0.25) is 4.79 Å². The fraction of sp³-hybridized carbons (Fsp3) is 0.222. The highest BCUT2D eigenvalue weighted by Gasteiger charge is 2.27. The second kappa shape index (κ2) is 9.05. The number of amides is 1. The number of halogens is 1. The van der Waals surface area contributed by atoms with E-state index in [9.17, 15) is 18.0 Å². The lowest BCUT2D eigenvalue weighted by atomic mass is 10.2. The molecular weight excluding hydrogens is 406 g/mol. The lowest BCUT2D eigenvalue weighted by Gasteiger charge is -2.27. The predicted molar refractivity (Wildman–Crippen MR) is 108 cm³/mol. The number of anilines is 2. The van der Waals surface area contributed by atoms with Gasteiger partial charge in [-0.25, -0.2) is 9.10 Å². The molecule has 2 aromatic rings. The topological polar surface area (TPSA) is 96.0 Å². The van der Waals surface area contributed by atoms with Crippen molar-refractivity contribution in [2.75, 3.05) is 37.4 Å². The SMILES string of the molecule is COC(=O)c1ccc(Cl)c(NC(=O)CN(c2ccccc2)S(=O)(=O)N(C)C)c1. The first-order chi connectivity index (χ1) is 13.2. The highest BCUT2D eigenvalue weighted by Crippen LogP contribution is 2.24. The average Bonchev–Trinajstić information content (AvgIpc) is 2.67. The molecule has 28 heavy (non-hydrogen) atoms. The third-order valence-corrected chi connectivity index (χ3v) is 5.88. The Bertz CT molecular complexity index is 964. The van der Waals surface area contributed by atoms with Crippen molar-refractivity contribution in [3.8, 4) is 0 Å². The van der Waals surface area contributed by atoms with Crippen LogP contribution in [0.5, 0.6) is 0 Å². The molecule has 0 aliphatic heterocycles. The van der Waals surface area contributed by atoms with Crippen molar-refractivity contribution in [1.29, 1.82) is 0 Å². The van der Waals surface area contributed by atoms with Crippen LogP contribution in [0.25, 0.3) is 0 Å². The molecule has 0 heterocycles. The van der Waals surface area contributed by atoms with Crippen LogP contribution in [0.3, 0.4) is 0 Å². The van der Waals surface area contributed by atoms with Crippen LogP contribution >= 0.6 is 11.6 Å². The van der Waals surface area contributed by atoms with Gasteiger partial charge in [-0.1, -0.05) is 29.8 Å². The van der Waals surface area contributed by atoms with E-state index in [1.807, 2.05) is 0 Å². The minimum absolute atomic E-state index is 0.171. The zero-order valence-corrected chi connectivity index (χ0v) is 17.1. The quantitative estimate of drug-likeness (QED) is 0.687. The first-order valence-corrected chi connectivity index (χ1v) is 9.87. The van der Waals surface area contributed by atoms with E-state index in [1.54, 1.807) is 30.3 Å². The van der Waals surface area contributed by atoms with Crippen molar-refractivity contribution in [2.24, 2.45) is 0 Å². The van der Waals surface area contributed by atoms with Gasteiger partial charge in [0.2, 0.25) is 5.91 Å². The molecule has 150 valence electrons. The number of ether oxygens (including phenoxy) is 1. The molecule has 0 atom stereocenters. The zero-order chi connectivity index (χ0) is 20.9. The number of esters is 1. The van der Waals surface area contributed by atoms with E-state index < -0.39 is 28.6 Å². The van der Waals surface area contributed by atoms with Crippen molar-refractivity contribution < 1.29 is 22.7 Å². The Balaban J connectivity index is 2.29. The number of carbonyl (C=O) groups excluding carboxylic acids is 2. The first-order valence-electron chi connectivity index (χ1n) is 8.09. The Kier molecular flexibility index (Phi) is 7.00. The van der Waals surface area contributed by atoms with Crippen molar-refractivity contribution >= 4 is 45.1 Å². The van der Waals surface area contributed by atoms with Crippen molar-refractivity contribution in [1.82, 2.24) is 4.31 Å². The van der Waals surface area contributed by atoms with Gasteiger partial charge in [-0.15, -0.1) is 0 Å². The Labute approximate surface area is 168 Å². The molecule has 2 aromatic carbocycles. The summed E-state index contributed by atoms with van der Waals surface area (Å²) < 4.78 is 31.9. The van der Waals surface area contributed by atoms with Gasteiger partial charge in [0.15, 0.2) is 0 Å². The van der Waals surface area contributed by atoms with Crippen LogP contribution in [0.15, 0.2) is 48.5 Å². The average molecular weight is 426 g/mol. The molecule has 0 unspecified atom stereocenters. The Morgan fingerprint density at radius 3 is 2.32 bits per heavy atom. The van der Waals surface area contributed by atoms with Crippen LogP contribution in [0.4, 0.5) is 11.4 Å². The number of hydrogen-bond acceptors (Lipinski definition) is 5. The fourth-order valence-corrected chi connectivity index (χ4v) is 3.51. The first kappa shape index (κ1) is 21.7. The molecule has 1 amide bonds. The van der Waals surface area contributed by atoms with Gasteiger partial charge in [-0.2, -0.15) is 12.7 Å². The van der Waals surface area contributed by atoms with E-state index in [0.29, 0.717) is 5.69 Å². The normalized spacial score (nSPS) is 11.2. The number of nitrogens with one attached hydrogen (secondary N) is 1. The summed E-state index contributed by atoms with van der Waals surface area (Å²) in [4.78, 5) is 24.2. The maximum atomic E-state index is 12.7. The summed E-state index contributed by atoms with van der Waals surface area (Å²) in [6.07, 6.45) is 0. The van der Waals surface area contributed by atoms with Gasteiger partial charge in [0, 0.05) is 14.1 Å². The summed E-state index contributed by atoms with van der Waals surface area (Å²) in [6.45, 7) is -0.483. The highest BCUT2D eigenvalue weighted by atomic mass is 35.5. The van der Waals surface area contributed by atoms with Crippen molar-refractivity contribution in [3.05, 3.63) is 59.1 Å². The van der Waals surface area contributed by atoms with Gasteiger partial charge >= 0.3 is 16.2 Å². The lowest BCUT2D eigenvalue weighted by Crippen LogP contribution is -2.44. The molecule has 0 fully saturated rings. The summed E-state index contributed by atoms with van der Waals surface area (Å²) in [5.74, 6) is -1.22. The molecule has 0 saturated carbocycles. The molecule has 8 nitrogen and oxygen atoms in total. The van der Waals surface area contributed by atoms with Crippen molar-refractivity contribution in [2.45, 2.75) is 0 Å². The van der Waals surface area contributed by atoms with E-state index >= 15 is 0 Å². The van der Waals surface area contributed by atoms with Crippen molar-refractivity contribution in [3.63, 3.8) is 0 Å². The molecular formula is C18H20ClN3O5S. The molecule has 0 aliphatic rings. The third kappa shape index (κ3) is 5.00. The Hall–Kier alpha value is -2.62. The van der Waals surface area contributed by atoms with Crippen LogP contribution < -0.4 is 9.62 Å². The van der Waals surface area contributed by atoms with Crippen LogP contribution in [0.1, 0.15) is 10.4 Å². The molecule has 0 aliphatic carbocycles. The minimum Gasteiger partial charge on any atom is -0.465 e. The summed E-state index contributed by atoms with van der Waals surface area (Å²) in [7, 11) is 0.0686. The highest BCUT2D eigenvalue weighted by molar-refractivity contribution is 7.90. The van der Waals surface area contributed by atoms with Crippen LogP contribution in [0, 0.1) is 0 Å². The van der Waals surface area contributed by atoms with Gasteiger partial charge < -0.3 is 10.1 Å². The van der Waals surface area contributed by atoms with Crippen LogP contribution in [0.2, 0.25) is 5.02 Å². The number of rotatable bonds is 7. The summed E-state index contributed by atoms with van der Waals surface area (Å²) in [5, 5.41) is 2.73. The number of carbonyl (C=O) groups is 2. The molecule has 0 saturated heterocycles. The van der Waals surface area contributed by atoms with Crippen LogP contribution in [-0.4, -0.2) is 52.3 Å². The Morgan fingerprint density at radius 2 is 1.75 bits per heavy atom. The van der Waals surface area contributed by atoms with E-state index in [2.05, 4.69) is 10.1 Å². The van der Waals surface area contributed by atoms with E-state index in [-0.39, 0.29) is 16.3 Å². The number of benzene rings is 2. The predicted octanol–water partition coefficient (Wildman–Crippen LogP) is 2.38.